The minimum Gasteiger partial charge on any atom is -0.465 e. The SMILES string of the molecule is CCc1c(NC(=O)O)cccc1OC(=O)Nc1ccccc1. The third kappa shape index (κ3) is 3.99. The number of benzene rings is 2. The molecule has 22 heavy (non-hydrogen) atoms. The summed E-state index contributed by atoms with van der Waals surface area (Å²) in [6, 6.07) is 13.8. The molecular formula is C16H16N2O4. The number of rotatable bonds is 4. The van der Waals surface area contributed by atoms with Crippen molar-refractivity contribution in [2.24, 2.45) is 0 Å². The number of hydrogen-bond donors (Lipinski definition) is 3. The van der Waals surface area contributed by atoms with E-state index in [4.69, 9.17) is 9.84 Å². The van der Waals surface area contributed by atoms with Gasteiger partial charge in [-0.2, -0.15) is 0 Å². The van der Waals surface area contributed by atoms with Crippen LogP contribution in [0.3, 0.4) is 0 Å². The number of hydrogen-bond acceptors (Lipinski definition) is 3. The summed E-state index contributed by atoms with van der Waals surface area (Å²) in [6.45, 7) is 1.85. The lowest BCUT2D eigenvalue weighted by Crippen LogP contribution is -2.18. The largest absolute Gasteiger partial charge is 0.465 e. The molecule has 0 bridgehead atoms. The van der Waals surface area contributed by atoms with Gasteiger partial charge in [-0.05, 0) is 30.7 Å². The van der Waals surface area contributed by atoms with Crippen LogP contribution in [-0.2, 0) is 6.42 Å². The molecule has 2 amide bonds. The van der Waals surface area contributed by atoms with Crippen LogP contribution in [0.5, 0.6) is 5.75 Å². The van der Waals surface area contributed by atoms with Crippen molar-refractivity contribution in [1.29, 1.82) is 0 Å². The average Bonchev–Trinajstić information content (AvgIpc) is 2.48. The molecule has 6 nitrogen and oxygen atoms in total. The van der Waals surface area contributed by atoms with E-state index < -0.39 is 12.2 Å². The summed E-state index contributed by atoms with van der Waals surface area (Å²) in [6.07, 6.45) is -1.28. The van der Waals surface area contributed by atoms with Crippen LogP contribution in [0.15, 0.2) is 48.5 Å². The zero-order valence-corrected chi connectivity index (χ0v) is 12.0. The van der Waals surface area contributed by atoms with E-state index in [1.807, 2.05) is 13.0 Å². The highest BCUT2D eigenvalue weighted by Gasteiger charge is 2.13. The lowest BCUT2D eigenvalue weighted by molar-refractivity contribution is 0.209. The number of para-hydroxylation sites is 1. The number of carbonyl (C=O) groups is 2. The molecule has 0 unspecified atom stereocenters. The van der Waals surface area contributed by atoms with Gasteiger partial charge in [0.2, 0.25) is 0 Å². The molecule has 0 radical (unpaired) electrons. The molecule has 0 fully saturated rings. The molecule has 0 heterocycles. The predicted molar refractivity (Wildman–Crippen MR) is 83.6 cm³/mol. The molecule has 114 valence electrons. The van der Waals surface area contributed by atoms with Crippen LogP contribution in [0.1, 0.15) is 12.5 Å². The minimum atomic E-state index is -1.17. The van der Waals surface area contributed by atoms with Gasteiger partial charge >= 0.3 is 12.2 Å². The summed E-state index contributed by atoms with van der Waals surface area (Å²) in [7, 11) is 0. The lowest BCUT2D eigenvalue weighted by Gasteiger charge is -2.13. The fourth-order valence-corrected chi connectivity index (χ4v) is 2.02. The first-order chi connectivity index (χ1) is 10.6. The molecule has 0 spiro atoms. The Morgan fingerprint density at radius 2 is 1.77 bits per heavy atom. The standard InChI is InChI=1S/C16H16N2O4/c1-2-12-13(18-15(19)20)9-6-10-14(12)22-16(21)17-11-7-4-3-5-8-11/h3-10,18H,2H2,1H3,(H,17,21)(H,19,20). The Morgan fingerprint density at radius 1 is 1.05 bits per heavy atom. The molecule has 0 aliphatic rings. The highest BCUT2D eigenvalue weighted by atomic mass is 16.6. The summed E-state index contributed by atoms with van der Waals surface area (Å²) in [4.78, 5) is 22.7. The molecule has 0 aliphatic carbocycles. The second kappa shape index (κ2) is 7.12. The summed E-state index contributed by atoms with van der Waals surface area (Å²) in [5, 5.41) is 13.7. The first-order valence-electron chi connectivity index (χ1n) is 6.76. The maximum absolute atomic E-state index is 11.9. The zero-order chi connectivity index (χ0) is 15.9. The van der Waals surface area contributed by atoms with Gasteiger partial charge in [0.25, 0.3) is 0 Å². The summed E-state index contributed by atoms with van der Waals surface area (Å²) in [5.74, 6) is 0.321. The van der Waals surface area contributed by atoms with Crippen LogP contribution in [0, 0.1) is 0 Å². The van der Waals surface area contributed by atoms with Crippen LogP contribution in [0.2, 0.25) is 0 Å². The number of anilines is 2. The number of amides is 2. The van der Waals surface area contributed by atoms with Crippen LogP contribution >= 0.6 is 0 Å². The summed E-state index contributed by atoms with van der Waals surface area (Å²) in [5.41, 5.74) is 1.64. The highest BCUT2D eigenvalue weighted by molar-refractivity contribution is 5.88. The van der Waals surface area contributed by atoms with Crippen molar-refractivity contribution in [3.63, 3.8) is 0 Å². The maximum atomic E-state index is 11.9. The molecule has 0 saturated carbocycles. The van der Waals surface area contributed by atoms with E-state index in [-0.39, 0.29) is 0 Å². The second-order valence-electron chi connectivity index (χ2n) is 4.45. The van der Waals surface area contributed by atoms with Crippen molar-refractivity contribution < 1.29 is 19.4 Å². The van der Waals surface area contributed by atoms with Crippen molar-refractivity contribution in [1.82, 2.24) is 0 Å². The Hall–Kier alpha value is -3.02. The summed E-state index contributed by atoms with van der Waals surface area (Å²) >= 11 is 0. The Balaban J connectivity index is 2.15. The van der Waals surface area contributed by atoms with Crippen molar-refractivity contribution in [2.45, 2.75) is 13.3 Å². The molecule has 3 N–H and O–H groups in total. The average molecular weight is 300 g/mol. The molecule has 0 aromatic heterocycles. The normalized spacial score (nSPS) is 9.86. The van der Waals surface area contributed by atoms with E-state index in [0.29, 0.717) is 29.1 Å². The maximum Gasteiger partial charge on any atom is 0.417 e. The fourth-order valence-electron chi connectivity index (χ4n) is 2.02. The molecular weight excluding hydrogens is 284 g/mol. The predicted octanol–water partition coefficient (Wildman–Crippen LogP) is 3.95. The van der Waals surface area contributed by atoms with Crippen LogP contribution in [0.25, 0.3) is 0 Å². The Morgan fingerprint density at radius 3 is 2.41 bits per heavy atom. The smallest absolute Gasteiger partial charge is 0.417 e. The molecule has 0 atom stereocenters. The van der Waals surface area contributed by atoms with Gasteiger partial charge in [0.15, 0.2) is 0 Å². The van der Waals surface area contributed by atoms with Crippen LogP contribution < -0.4 is 15.4 Å². The molecule has 2 aromatic rings. The van der Waals surface area contributed by atoms with Gasteiger partial charge in [-0.3, -0.25) is 10.6 Å². The van der Waals surface area contributed by atoms with Gasteiger partial charge in [0, 0.05) is 11.3 Å². The third-order valence-electron chi connectivity index (χ3n) is 2.95. The third-order valence-corrected chi connectivity index (χ3v) is 2.95. The Labute approximate surface area is 127 Å². The van der Waals surface area contributed by atoms with Crippen molar-refractivity contribution in [2.75, 3.05) is 10.6 Å². The van der Waals surface area contributed by atoms with Crippen LogP contribution in [0.4, 0.5) is 21.0 Å². The van der Waals surface area contributed by atoms with Gasteiger partial charge in [-0.1, -0.05) is 31.2 Å². The first kappa shape index (κ1) is 15.4. The van der Waals surface area contributed by atoms with Crippen molar-refractivity contribution >= 4 is 23.6 Å². The fraction of sp³-hybridized carbons (Fsp3) is 0.125. The quantitative estimate of drug-likeness (QED) is 0.797. The lowest BCUT2D eigenvalue weighted by atomic mass is 10.1. The Bertz CT molecular complexity index is 671. The number of carboxylic acid groups (broad SMARTS) is 1. The highest BCUT2D eigenvalue weighted by Crippen LogP contribution is 2.27. The molecule has 2 rings (SSSR count). The van der Waals surface area contributed by atoms with E-state index in [9.17, 15) is 9.59 Å². The van der Waals surface area contributed by atoms with Gasteiger partial charge in [-0.15, -0.1) is 0 Å². The molecule has 0 saturated heterocycles. The molecule has 0 aliphatic heterocycles. The van der Waals surface area contributed by atoms with Gasteiger partial charge in [-0.25, -0.2) is 9.59 Å². The summed E-state index contributed by atoms with van der Waals surface area (Å²) < 4.78 is 5.28. The first-order valence-corrected chi connectivity index (χ1v) is 6.76. The number of nitrogens with one attached hydrogen (secondary N) is 2. The van der Waals surface area contributed by atoms with Gasteiger partial charge in [0.05, 0.1) is 5.69 Å². The molecule has 2 aromatic carbocycles. The van der Waals surface area contributed by atoms with E-state index >= 15 is 0 Å². The number of carbonyl (C=O) groups excluding carboxylic acids is 1. The van der Waals surface area contributed by atoms with Gasteiger partial charge < -0.3 is 9.84 Å². The van der Waals surface area contributed by atoms with Crippen molar-refractivity contribution in [3.05, 3.63) is 54.1 Å². The van der Waals surface area contributed by atoms with E-state index in [1.165, 1.54) is 0 Å². The molecule has 6 heteroatoms. The monoisotopic (exact) mass is 300 g/mol. The second-order valence-corrected chi connectivity index (χ2v) is 4.45. The minimum absolute atomic E-state index is 0.321. The van der Waals surface area contributed by atoms with E-state index in [0.717, 1.165) is 0 Å². The Kier molecular flexibility index (Phi) is 4.98. The van der Waals surface area contributed by atoms with E-state index in [1.54, 1.807) is 42.5 Å². The van der Waals surface area contributed by atoms with Crippen LogP contribution in [-0.4, -0.2) is 17.3 Å². The van der Waals surface area contributed by atoms with E-state index in [2.05, 4.69) is 10.6 Å². The number of ether oxygens (including phenoxy) is 1. The van der Waals surface area contributed by atoms with Crippen molar-refractivity contribution in [3.8, 4) is 5.75 Å². The van der Waals surface area contributed by atoms with Gasteiger partial charge in [0.1, 0.15) is 5.75 Å². The topological polar surface area (TPSA) is 87.7 Å². The zero-order valence-electron chi connectivity index (χ0n) is 12.0.